The standard InChI is InChI=1S/C9H17NO/c1-2-6-10-8(3-1)7-11-9-4-5-9/h8-10H,1-7H2. The van der Waals surface area contributed by atoms with E-state index in [9.17, 15) is 0 Å². The molecule has 2 rings (SSSR count). The van der Waals surface area contributed by atoms with Crippen LogP contribution in [0.25, 0.3) is 0 Å². The molecule has 2 fully saturated rings. The molecule has 11 heavy (non-hydrogen) atoms. The molecule has 0 radical (unpaired) electrons. The lowest BCUT2D eigenvalue weighted by atomic mass is 10.1. The third kappa shape index (κ3) is 2.46. The molecular formula is C9H17NO. The molecule has 1 aliphatic heterocycles. The Kier molecular flexibility index (Phi) is 2.44. The highest BCUT2D eigenvalue weighted by atomic mass is 16.5. The summed E-state index contributed by atoms with van der Waals surface area (Å²) in [6.07, 6.45) is 7.26. The number of rotatable bonds is 3. The molecule has 0 amide bonds. The smallest absolute Gasteiger partial charge is 0.0623 e. The van der Waals surface area contributed by atoms with Gasteiger partial charge in [0.05, 0.1) is 12.7 Å². The third-order valence-corrected chi connectivity index (χ3v) is 2.47. The molecule has 2 nitrogen and oxygen atoms in total. The molecular weight excluding hydrogens is 138 g/mol. The van der Waals surface area contributed by atoms with Crippen molar-refractivity contribution in [3.05, 3.63) is 0 Å². The molecule has 1 unspecified atom stereocenters. The van der Waals surface area contributed by atoms with Gasteiger partial charge in [0.1, 0.15) is 0 Å². The largest absolute Gasteiger partial charge is 0.377 e. The molecule has 2 heteroatoms. The van der Waals surface area contributed by atoms with Crippen molar-refractivity contribution in [2.45, 2.75) is 44.2 Å². The first kappa shape index (κ1) is 7.56. The maximum atomic E-state index is 5.63. The van der Waals surface area contributed by atoms with Crippen molar-refractivity contribution in [1.29, 1.82) is 0 Å². The monoisotopic (exact) mass is 155 g/mol. The van der Waals surface area contributed by atoms with Crippen LogP contribution in [0, 0.1) is 0 Å². The number of hydrogen-bond acceptors (Lipinski definition) is 2. The Morgan fingerprint density at radius 3 is 2.73 bits per heavy atom. The zero-order valence-electron chi connectivity index (χ0n) is 7.01. The van der Waals surface area contributed by atoms with Gasteiger partial charge in [-0.05, 0) is 32.2 Å². The molecule has 1 saturated carbocycles. The predicted octanol–water partition coefficient (Wildman–Crippen LogP) is 1.31. The van der Waals surface area contributed by atoms with Gasteiger partial charge in [0, 0.05) is 6.04 Å². The zero-order chi connectivity index (χ0) is 7.52. The van der Waals surface area contributed by atoms with Crippen molar-refractivity contribution in [1.82, 2.24) is 5.32 Å². The van der Waals surface area contributed by atoms with Crippen LogP contribution in [0.1, 0.15) is 32.1 Å². The van der Waals surface area contributed by atoms with Crippen molar-refractivity contribution < 1.29 is 4.74 Å². The number of piperidine rings is 1. The molecule has 1 heterocycles. The van der Waals surface area contributed by atoms with Crippen molar-refractivity contribution in [3.8, 4) is 0 Å². The van der Waals surface area contributed by atoms with Crippen LogP contribution in [0.5, 0.6) is 0 Å². The summed E-state index contributed by atoms with van der Waals surface area (Å²) in [6, 6.07) is 0.657. The Hall–Kier alpha value is -0.0800. The van der Waals surface area contributed by atoms with E-state index in [0.717, 1.165) is 6.61 Å². The summed E-state index contributed by atoms with van der Waals surface area (Å²) in [5.74, 6) is 0. The van der Waals surface area contributed by atoms with Gasteiger partial charge in [-0.1, -0.05) is 6.42 Å². The molecule has 0 bridgehead atoms. The Morgan fingerprint density at radius 2 is 2.09 bits per heavy atom. The molecule has 0 aromatic carbocycles. The first-order valence-corrected chi connectivity index (χ1v) is 4.80. The Bertz CT molecular complexity index is 117. The van der Waals surface area contributed by atoms with E-state index in [2.05, 4.69) is 5.32 Å². The van der Waals surface area contributed by atoms with Crippen LogP contribution in [0.4, 0.5) is 0 Å². The molecule has 64 valence electrons. The highest BCUT2D eigenvalue weighted by Gasteiger charge is 2.23. The quantitative estimate of drug-likeness (QED) is 0.663. The molecule has 1 atom stereocenters. The highest BCUT2D eigenvalue weighted by molar-refractivity contribution is 4.77. The highest BCUT2D eigenvalue weighted by Crippen LogP contribution is 2.24. The van der Waals surface area contributed by atoms with Gasteiger partial charge >= 0.3 is 0 Å². The summed E-state index contributed by atoms with van der Waals surface area (Å²) in [5.41, 5.74) is 0. The minimum absolute atomic E-state index is 0.624. The minimum atomic E-state index is 0.624. The molecule has 0 aromatic rings. The van der Waals surface area contributed by atoms with E-state index in [1.165, 1.54) is 38.6 Å². The first-order chi connectivity index (χ1) is 5.45. The fraction of sp³-hybridized carbons (Fsp3) is 1.00. The van der Waals surface area contributed by atoms with E-state index in [4.69, 9.17) is 4.74 Å². The number of nitrogens with one attached hydrogen (secondary N) is 1. The average molecular weight is 155 g/mol. The Balaban J connectivity index is 1.59. The molecule has 0 spiro atoms. The van der Waals surface area contributed by atoms with E-state index in [1.807, 2.05) is 0 Å². The number of ether oxygens (including phenoxy) is 1. The van der Waals surface area contributed by atoms with Gasteiger partial charge in [-0.3, -0.25) is 0 Å². The van der Waals surface area contributed by atoms with Crippen LogP contribution in [0.2, 0.25) is 0 Å². The van der Waals surface area contributed by atoms with Crippen LogP contribution < -0.4 is 5.32 Å². The van der Waals surface area contributed by atoms with Gasteiger partial charge in [-0.15, -0.1) is 0 Å². The van der Waals surface area contributed by atoms with E-state index >= 15 is 0 Å². The van der Waals surface area contributed by atoms with Gasteiger partial charge in [-0.2, -0.15) is 0 Å². The lowest BCUT2D eigenvalue weighted by Gasteiger charge is -2.23. The van der Waals surface area contributed by atoms with E-state index in [-0.39, 0.29) is 0 Å². The lowest BCUT2D eigenvalue weighted by Crippen LogP contribution is -2.37. The molecule has 1 aliphatic carbocycles. The fourth-order valence-electron chi connectivity index (χ4n) is 1.55. The SMILES string of the molecule is C1CCC(COC2CC2)NC1. The molecule has 0 aromatic heterocycles. The van der Waals surface area contributed by atoms with Crippen LogP contribution in [0.3, 0.4) is 0 Å². The summed E-state index contributed by atoms with van der Waals surface area (Å²) in [5, 5.41) is 3.48. The topological polar surface area (TPSA) is 21.3 Å². The Morgan fingerprint density at radius 1 is 1.18 bits per heavy atom. The summed E-state index contributed by atoms with van der Waals surface area (Å²) < 4.78 is 5.63. The van der Waals surface area contributed by atoms with Crippen molar-refractivity contribution in [3.63, 3.8) is 0 Å². The maximum Gasteiger partial charge on any atom is 0.0623 e. The van der Waals surface area contributed by atoms with Gasteiger partial charge in [0.15, 0.2) is 0 Å². The van der Waals surface area contributed by atoms with Gasteiger partial charge in [0.25, 0.3) is 0 Å². The maximum absolute atomic E-state index is 5.63. The van der Waals surface area contributed by atoms with E-state index in [0.29, 0.717) is 12.1 Å². The van der Waals surface area contributed by atoms with Crippen molar-refractivity contribution >= 4 is 0 Å². The van der Waals surface area contributed by atoms with E-state index in [1.54, 1.807) is 0 Å². The van der Waals surface area contributed by atoms with Gasteiger partial charge in [0.2, 0.25) is 0 Å². The molecule has 1 N–H and O–H groups in total. The van der Waals surface area contributed by atoms with Crippen molar-refractivity contribution in [2.75, 3.05) is 13.2 Å². The molecule has 2 aliphatic rings. The zero-order valence-corrected chi connectivity index (χ0v) is 7.01. The minimum Gasteiger partial charge on any atom is -0.377 e. The Labute approximate surface area is 68.3 Å². The fourth-order valence-corrected chi connectivity index (χ4v) is 1.55. The predicted molar refractivity (Wildman–Crippen MR) is 44.6 cm³/mol. The normalized spacial score (nSPS) is 32.2. The average Bonchev–Trinajstić information content (AvgIpc) is 2.86. The molecule has 1 saturated heterocycles. The van der Waals surface area contributed by atoms with Crippen LogP contribution in [-0.4, -0.2) is 25.3 Å². The second-order valence-corrected chi connectivity index (χ2v) is 3.68. The second kappa shape index (κ2) is 3.55. The summed E-state index contributed by atoms with van der Waals surface area (Å²) >= 11 is 0. The van der Waals surface area contributed by atoms with Crippen molar-refractivity contribution in [2.24, 2.45) is 0 Å². The summed E-state index contributed by atoms with van der Waals surface area (Å²) in [4.78, 5) is 0. The second-order valence-electron chi connectivity index (χ2n) is 3.68. The van der Waals surface area contributed by atoms with E-state index < -0.39 is 0 Å². The van der Waals surface area contributed by atoms with Crippen LogP contribution >= 0.6 is 0 Å². The van der Waals surface area contributed by atoms with Gasteiger partial charge < -0.3 is 10.1 Å². The summed E-state index contributed by atoms with van der Waals surface area (Å²) in [6.45, 7) is 2.14. The third-order valence-electron chi connectivity index (χ3n) is 2.47. The first-order valence-electron chi connectivity index (χ1n) is 4.80. The van der Waals surface area contributed by atoms with Gasteiger partial charge in [-0.25, -0.2) is 0 Å². The van der Waals surface area contributed by atoms with Crippen LogP contribution in [0.15, 0.2) is 0 Å². The number of hydrogen-bond donors (Lipinski definition) is 1. The van der Waals surface area contributed by atoms with Crippen LogP contribution in [-0.2, 0) is 4.74 Å². The lowest BCUT2D eigenvalue weighted by molar-refractivity contribution is 0.0903. The summed E-state index contributed by atoms with van der Waals surface area (Å²) in [7, 11) is 0.